The van der Waals surface area contributed by atoms with Gasteiger partial charge in [-0.2, -0.15) is 11.8 Å². The maximum Gasteiger partial charge on any atom is 0.129 e. The Morgan fingerprint density at radius 2 is 1.63 bits per heavy atom. The molecule has 0 spiro atoms. The highest BCUT2D eigenvalue weighted by molar-refractivity contribution is 7.98. The van der Waals surface area contributed by atoms with Gasteiger partial charge in [0.25, 0.3) is 0 Å². The molecule has 0 saturated carbocycles. The predicted octanol–water partition coefficient (Wildman–Crippen LogP) is 7.45. The standard InChI is InChI=1S/C13H20FNOS.C8H10.C2H6/c1-6-12(9-15-16-7-8-17-5)11(4)13(14)10(2)3;1-7-3-5-8(2)6-4-7;1-2/h6,9H,2,7-8H2,1,3-5H3;3-6H,1-2H3;1-2H3/b12-6-,13-11+,15-9+;;. The molecule has 1 aromatic carbocycles. The highest BCUT2D eigenvalue weighted by Crippen LogP contribution is 2.19. The third-order valence-electron chi connectivity index (χ3n) is 3.31. The van der Waals surface area contributed by atoms with Gasteiger partial charge >= 0.3 is 0 Å². The van der Waals surface area contributed by atoms with Crippen LogP contribution in [0.4, 0.5) is 4.39 Å². The minimum Gasteiger partial charge on any atom is -0.395 e. The number of halogens is 1. The lowest BCUT2D eigenvalue weighted by Gasteiger charge is -2.04. The van der Waals surface area contributed by atoms with Crippen molar-refractivity contribution in [3.8, 4) is 0 Å². The number of nitrogens with zero attached hydrogens (tertiary/aromatic N) is 1. The number of thioether (sulfide) groups is 1. The fourth-order valence-corrected chi connectivity index (χ4v) is 1.98. The van der Waals surface area contributed by atoms with Crippen molar-refractivity contribution in [1.29, 1.82) is 0 Å². The Hall–Kier alpha value is -1.81. The number of rotatable bonds is 7. The van der Waals surface area contributed by atoms with Crippen LogP contribution in [0.15, 0.2) is 64.6 Å². The van der Waals surface area contributed by atoms with Crippen molar-refractivity contribution in [3.05, 3.63) is 70.6 Å². The second-order valence-electron chi connectivity index (χ2n) is 5.68. The molecule has 0 aliphatic heterocycles. The van der Waals surface area contributed by atoms with Crippen molar-refractivity contribution < 1.29 is 9.23 Å². The first kappa shape index (κ1) is 27.4. The van der Waals surface area contributed by atoms with Crippen LogP contribution < -0.4 is 0 Å². The van der Waals surface area contributed by atoms with Crippen LogP contribution >= 0.6 is 11.8 Å². The SMILES string of the molecule is C=C(C)\C(F)=C(C)/C(/C=N/OCCSC)=C\C.CC.Cc1ccc(C)cc1. The highest BCUT2D eigenvalue weighted by atomic mass is 32.2. The van der Waals surface area contributed by atoms with Crippen molar-refractivity contribution in [3.63, 3.8) is 0 Å². The summed E-state index contributed by atoms with van der Waals surface area (Å²) in [4.78, 5) is 5.04. The molecule has 152 valence electrons. The molecule has 0 fully saturated rings. The molecule has 0 bridgehead atoms. The van der Waals surface area contributed by atoms with E-state index in [0.717, 1.165) is 5.75 Å². The number of hydrogen-bond donors (Lipinski definition) is 0. The Labute approximate surface area is 170 Å². The summed E-state index contributed by atoms with van der Waals surface area (Å²) < 4.78 is 13.6. The van der Waals surface area contributed by atoms with Crippen molar-refractivity contribution in [2.45, 2.75) is 48.5 Å². The first-order valence-corrected chi connectivity index (χ1v) is 10.6. The Bertz CT molecular complexity index is 595. The normalized spacial score (nSPS) is 11.7. The van der Waals surface area contributed by atoms with E-state index < -0.39 is 0 Å². The molecule has 0 atom stereocenters. The van der Waals surface area contributed by atoms with E-state index in [4.69, 9.17) is 4.84 Å². The maximum atomic E-state index is 13.6. The van der Waals surface area contributed by atoms with Crippen LogP contribution in [0.25, 0.3) is 0 Å². The van der Waals surface area contributed by atoms with Crippen molar-refractivity contribution in [2.24, 2.45) is 5.16 Å². The fraction of sp³-hybridized carbons (Fsp3) is 0.435. The van der Waals surface area contributed by atoms with Crippen LogP contribution in [0, 0.1) is 13.8 Å². The molecule has 2 nitrogen and oxygen atoms in total. The summed E-state index contributed by atoms with van der Waals surface area (Å²) in [7, 11) is 0. The molecule has 0 heterocycles. The lowest BCUT2D eigenvalue weighted by molar-refractivity contribution is 0.163. The minimum atomic E-state index is -0.298. The van der Waals surface area contributed by atoms with E-state index in [2.05, 4.69) is 49.8 Å². The Morgan fingerprint density at radius 1 is 1.15 bits per heavy atom. The van der Waals surface area contributed by atoms with E-state index >= 15 is 0 Å². The van der Waals surface area contributed by atoms with E-state index in [1.807, 2.05) is 27.0 Å². The van der Waals surface area contributed by atoms with E-state index in [1.165, 1.54) is 17.3 Å². The van der Waals surface area contributed by atoms with Crippen molar-refractivity contribution in [2.75, 3.05) is 18.6 Å². The second kappa shape index (κ2) is 17.6. The molecule has 0 N–H and O–H groups in total. The van der Waals surface area contributed by atoms with Crippen LogP contribution in [-0.2, 0) is 4.84 Å². The number of oxime groups is 1. The lowest BCUT2D eigenvalue weighted by Crippen LogP contribution is -1.95. The summed E-state index contributed by atoms with van der Waals surface area (Å²) in [6.07, 6.45) is 5.32. The number of allylic oxidation sites excluding steroid dienone is 5. The van der Waals surface area contributed by atoms with Crippen molar-refractivity contribution in [1.82, 2.24) is 0 Å². The van der Waals surface area contributed by atoms with E-state index in [1.54, 1.807) is 31.7 Å². The summed E-state index contributed by atoms with van der Waals surface area (Å²) in [6.45, 7) is 17.5. The molecule has 0 aliphatic rings. The first-order valence-electron chi connectivity index (χ1n) is 9.19. The Kier molecular flexibility index (Phi) is 17.9. The summed E-state index contributed by atoms with van der Waals surface area (Å²) in [5.41, 5.74) is 4.30. The molecule has 0 aromatic heterocycles. The van der Waals surface area contributed by atoms with Gasteiger partial charge in [-0.05, 0) is 57.6 Å². The second-order valence-corrected chi connectivity index (χ2v) is 6.66. The van der Waals surface area contributed by atoms with Crippen LogP contribution in [0.1, 0.15) is 45.7 Å². The molecule has 0 saturated heterocycles. The molecule has 0 unspecified atom stereocenters. The van der Waals surface area contributed by atoms with Crippen LogP contribution in [-0.4, -0.2) is 24.8 Å². The largest absolute Gasteiger partial charge is 0.395 e. The van der Waals surface area contributed by atoms with Gasteiger partial charge in [-0.1, -0.05) is 67.1 Å². The lowest BCUT2D eigenvalue weighted by atomic mass is 10.1. The molecule has 1 rings (SSSR count). The number of benzene rings is 1. The molecule has 4 heteroatoms. The van der Waals surface area contributed by atoms with Gasteiger partial charge in [-0.15, -0.1) is 0 Å². The summed E-state index contributed by atoms with van der Waals surface area (Å²) in [5, 5.41) is 3.81. The zero-order valence-corrected chi connectivity index (χ0v) is 19.0. The average molecular weight is 394 g/mol. The van der Waals surface area contributed by atoms with Gasteiger partial charge < -0.3 is 4.84 Å². The van der Waals surface area contributed by atoms with Crippen molar-refractivity contribution >= 4 is 18.0 Å². The molecule has 27 heavy (non-hydrogen) atoms. The van der Waals surface area contributed by atoms with Gasteiger partial charge in [0.2, 0.25) is 0 Å². The minimum absolute atomic E-state index is 0.298. The molecule has 0 amide bonds. The zero-order chi connectivity index (χ0) is 21.2. The van der Waals surface area contributed by atoms with E-state index in [-0.39, 0.29) is 5.83 Å². The molecule has 0 aliphatic carbocycles. The number of aryl methyl sites for hydroxylation is 2. The van der Waals surface area contributed by atoms with Gasteiger partial charge in [0.15, 0.2) is 0 Å². The van der Waals surface area contributed by atoms with Gasteiger partial charge in [0, 0.05) is 5.75 Å². The fourth-order valence-electron chi connectivity index (χ4n) is 1.74. The van der Waals surface area contributed by atoms with Gasteiger partial charge in [0.05, 0.1) is 6.21 Å². The van der Waals surface area contributed by atoms with Crippen LogP contribution in [0.5, 0.6) is 0 Å². The summed E-state index contributed by atoms with van der Waals surface area (Å²) in [5.74, 6) is 0.589. The third-order valence-corrected chi connectivity index (χ3v) is 3.89. The molecule has 0 radical (unpaired) electrons. The third kappa shape index (κ3) is 14.0. The zero-order valence-electron chi connectivity index (χ0n) is 18.2. The molecular weight excluding hydrogens is 357 g/mol. The summed E-state index contributed by atoms with van der Waals surface area (Å²) in [6, 6.07) is 8.48. The van der Waals surface area contributed by atoms with Gasteiger partial charge in [-0.3, -0.25) is 0 Å². The van der Waals surface area contributed by atoms with Gasteiger partial charge in [-0.25, -0.2) is 4.39 Å². The predicted molar refractivity (Wildman–Crippen MR) is 122 cm³/mol. The smallest absolute Gasteiger partial charge is 0.129 e. The topological polar surface area (TPSA) is 21.6 Å². The Balaban J connectivity index is 0. The maximum absolute atomic E-state index is 13.6. The molecule has 1 aromatic rings. The highest BCUT2D eigenvalue weighted by Gasteiger charge is 2.05. The Morgan fingerprint density at radius 3 is 2.00 bits per heavy atom. The van der Waals surface area contributed by atoms with Crippen LogP contribution in [0.3, 0.4) is 0 Å². The van der Waals surface area contributed by atoms with E-state index in [9.17, 15) is 4.39 Å². The number of hydrogen-bond acceptors (Lipinski definition) is 3. The first-order chi connectivity index (χ1) is 12.8. The monoisotopic (exact) mass is 393 g/mol. The van der Waals surface area contributed by atoms with Gasteiger partial charge in [0.1, 0.15) is 12.4 Å². The average Bonchev–Trinajstić information content (AvgIpc) is 2.68. The van der Waals surface area contributed by atoms with Crippen LogP contribution in [0.2, 0.25) is 0 Å². The summed E-state index contributed by atoms with van der Waals surface area (Å²) >= 11 is 1.69. The van der Waals surface area contributed by atoms with E-state index in [0.29, 0.717) is 23.3 Å². The quantitative estimate of drug-likeness (QED) is 0.208. The molecular formula is C23H36FNOS.